The van der Waals surface area contributed by atoms with E-state index in [0.717, 1.165) is 5.56 Å². The molecule has 0 atom stereocenters. The second-order valence-corrected chi connectivity index (χ2v) is 6.09. The molecule has 0 aliphatic carbocycles. The molecule has 9 heteroatoms. The highest BCUT2D eigenvalue weighted by atomic mass is 35.5. The van der Waals surface area contributed by atoms with Crippen molar-refractivity contribution >= 4 is 39.0 Å². The van der Waals surface area contributed by atoms with Crippen LogP contribution in [-0.4, -0.2) is 28.9 Å². The van der Waals surface area contributed by atoms with Crippen LogP contribution in [0.4, 0.5) is 0 Å². The fourth-order valence-corrected chi connectivity index (χ4v) is 2.52. The van der Waals surface area contributed by atoms with Gasteiger partial charge in [0.1, 0.15) is 5.65 Å². The molecular weight excluding hydrogens is 344 g/mol. The average Bonchev–Trinajstić information content (AvgIpc) is 2.89. The summed E-state index contributed by atoms with van der Waals surface area (Å²) in [5, 5.41) is 0.952. The molecule has 23 heavy (non-hydrogen) atoms. The number of benzene rings is 1. The summed E-state index contributed by atoms with van der Waals surface area (Å²) in [4.78, 5) is 18.7. The maximum Gasteiger partial charge on any atom is 0.449 e. The second-order valence-electron chi connectivity index (χ2n) is 4.63. The minimum atomic E-state index is -4.88. The standard InChI is InChI=1S/C14H9ClN2O5S/c15-10-3-1-8(2-4-10)9-5-11-12(7-17-13(11)16-6-9)14(18)22-23(19,20)21/h1-7H,(H,16,17)(H,19,20,21). The van der Waals surface area contributed by atoms with E-state index < -0.39 is 16.4 Å². The molecule has 2 heterocycles. The van der Waals surface area contributed by atoms with E-state index >= 15 is 0 Å². The third-order valence-corrected chi connectivity index (χ3v) is 3.72. The van der Waals surface area contributed by atoms with Crippen molar-refractivity contribution in [2.75, 3.05) is 0 Å². The van der Waals surface area contributed by atoms with E-state index in [1.807, 2.05) is 0 Å². The number of halogens is 1. The molecule has 2 N–H and O–H groups in total. The molecular formula is C14H9ClN2O5S. The van der Waals surface area contributed by atoms with Gasteiger partial charge in [-0.1, -0.05) is 23.7 Å². The lowest BCUT2D eigenvalue weighted by Gasteiger charge is -2.03. The van der Waals surface area contributed by atoms with Gasteiger partial charge in [-0.25, -0.2) is 9.78 Å². The second kappa shape index (κ2) is 5.65. The van der Waals surface area contributed by atoms with E-state index in [2.05, 4.69) is 14.2 Å². The Bertz CT molecular complexity index is 996. The van der Waals surface area contributed by atoms with Crippen molar-refractivity contribution in [3.8, 4) is 11.1 Å². The van der Waals surface area contributed by atoms with Gasteiger partial charge in [-0.3, -0.25) is 4.55 Å². The monoisotopic (exact) mass is 352 g/mol. The van der Waals surface area contributed by atoms with Crippen LogP contribution in [0.25, 0.3) is 22.2 Å². The largest absolute Gasteiger partial charge is 0.449 e. The van der Waals surface area contributed by atoms with Gasteiger partial charge in [0.15, 0.2) is 0 Å². The Hall–Kier alpha value is -2.42. The lowest BCUT2D eigenvalue weighted by Crippen LogP contribution is -2.11. The summed E-state index contributed by atoms with van der Waals surface area (Å²) >= 11 is 5.84. The fourth-order valence-electron chi connectivity index (χ4n) is 2.11. The Morgan fingerprint density at radius 2 is 1.91 bits per heavy atom. The molecule has 3 aromatic rings. The van der Waals surface area contributed by atoms with Crippen LogP contribution in [0.2, 0.25) is 5.02 Å². The Kier molecular flexibility index (Phi) is 3.80. The van der Waals surface area contributed by atoms with E-state index in [0.29, 0.717) is 21.6 Å². The molecule has 1 aromatic carbocycles. The molecule has 0 amide bonds. The van der Waals surface area contributed by atoms with Crippen LogP contribution in [0.5, 0.6) is 0 Å². The number of aromatic nitrogens is 2. The van der Waals surface area contributed by atoms with Crippen molar-refractivity contribution < 1.29 is 21.9 Å². The molecule has 0 spiro atoms. The van der Waals surface area contributed by atoms with Gasteiger partial charge in [0.2, 0.25) is 0 Å². The van der Waals surface area contributed by atoms with E-state index in [-0.39, 0.29) is 5.56 Å². The molecule has 0 fully saturated rings. The van der Waals surface area contributed by atoms with Gasteiger partial charge >= 0.3 is 16.4 Å². The number of hydrogen-bond acceptors (Lipinski definition) is 5. The van der Waals surface area contributed by atoms with E-state index in [4.69, 9.17) is 16.2 Å². The van der Waals surface area contributed by atoms with Crippen LogP contribution in [0.3, 0.4) is 0 Å². The van der Waals surface area contributed by atoms with Crippen molar-refractivity contribution in [3.05, 3.63) is 53.3 Å². The third-order valence-electron chi connectivity index (χ3n) is 3.11. The first-order valence-electron chi connectivity index (χ1n) is 6.28. The van der Waals surface area contributed by atoms with Gasteiger partial charge in [-0.15, -0.1) is 0 Å². The molecule has 0 aliphatic heterocycles. The normalized spacial score (nSPS) is 11.6. The number of nitrogens with one attached hydrogen (secondary N) is 1. The lowest BCUT2D eigenvalue weighted by molar-refractivity contribution is 0.0729. The molecule has 0 saturated carbocycles. The van der Waals surface area contributed by atoms with Gasteiger partial charge in [0, 0.05) is 28.4 Å². The zero-order valence-corrected chi connectivity index (χ0v) is 12.9. The molecule has 7 nitrogen and oxygen atoms in total. The lowest BCUT2D eigenvalue weighted by atomic mass is 10.1. The van der Waals surface area contributed by atoms with Crippen LogP contribution in [-0.2, 0) is 14.6 Å². The van der Waals surface area contributed by atoms with Crippen LogP contribution in [0, 0.1) is 0 Å². The van der Waals surface area contributed by atoms with Crippen LogP contribution < -0.4 is 0 Å². The highest BCUT2D eigenvalue weighted by Crippen LogP contribution is 2.26. The molecule has 0 aliphatic rings. The van der Waals surface area contributed by atoms with Crippen molar-refractivity contribution in [1.82, 2.24) is 9.97 Å². The molecule has 0 bridgehead atoms. The van der Waals surface area contributed by atoms with Crippen LogP contribution >= 0.6 is 11.6 Å². The van der Waals surface area contributed by atoms with Crippen LogP contribution in [0.1, 0.15) is 10.4 Å². The van der Waals surface area contributed by atoms with Gasteiger partial charge < -0.3 is 9.17 Å². The first-order chi connectivity index (χ1) is 10.8. The number of pyridine rings is 1. The smallest absolute Gasteiger partial charge is 0.345 e. The molecule has 2 aromatic heterocycles. The predicted octanol–water partition coefficient (Wildman–Crippen LogP) is 2.84. The topological polar surface area (TPSA) is 109 Å². The summed E-state index contributed by atoms with van der Waals surface area (Å²) in [5.74, 6) is -1.20. The number of rotatable bonds is 3. The number of carbonyl (C=O) groups excluding carboxylic acids is 1. The first-order valence-corrected chi connectivity index (χ1v) is 8.02. The van der Waals surface area contributed by atoms with Crippen molar-refractivity contribution in [3.63, 3.8) is 0 Å². The minimum absolute atomic E-state index is 0.0547. The van der Waals surface area contributed by atoms with Crippen LogP contribution in [0.15, 0.2) is 42.7 Å². The Balaban J connectivity index is 2.06. The molecule has 0 saturated heterocycles. The van der Waals surface area contributed by atoms with Gasteiger partial charge in [0.05, 0.1) is 5.56 Å². The summed E-state index contributed by atoms with van der Waals surface area (Å²) in [5.41, 5.74) is 1.85. The average molecular weight is 353 g/mol. The maximum absolute atomic E-state index is 11.8. The van der Waals surface area contributed by atoms with E-state index in [1.165, 1.54) is 6.20 Å². The summed E-state index contributed by atoms with van der Waals surface area (Å²) in [6.45, 7) is 0. The molecule has 118 valence electrons. The van der Waals surface area contributed by atoms with Gasteiger partial charge in [0.25, 0.3) is 0 Å². The third kappa shape index (κ3) is 3.34. The summed E-state index contributed by atoms with van der Waals surface area (Å²) in [7, 11) is -4.88. The highest BCUT2D eigenvalue weighted by molar-refractivity contribution is 7.81. The summed E-state index contributed by atoms with van der Waals surface area (Å²) in [6.07, 6.45) is 2.86. The summed E-state index contributed by atoms with van der Waals surface area (Å²) < 4.78 is 33.9. The number of aromatic amines is 1. The number of H-pyrrole nitrogens is 1. The zero-order chi connectivity index (χ0) is 16.6. The van der Waals surface area contributed by atoms with E-state index in [9.17, 15) is 13.2 Å². The number of hydrogen-bond donors (Lipinski definition) is 2. The Morgan fingerprint density at radius 3 is 2.57 bits per heavy atom. The Labute approximate surface area is 135 Å². The minimum Gasteiger partial charge on any atom is -0.345 e. The van der Waals surface area contributed by atoms with Gasteiger partial charge in [-0.05, 0) is 23.8 Å². The quantitative estimate of drug-likeness (QED) is 0.701. The van der Waals surface area contributed by atoms with Crippen molar-refractivity contribution in [2.45, 2.75) is 0 Å². The van der Waals surface area contributed by atoms with Crippen molar-refractivity contribution in [2.24, 2.45) is 0 Å². The Morgan fingerprint density at radius 1 is 1.22 bits per heavy atom. The molecule has 3 rings (SSSR count). The number of fused-ring (bicyclic) bond motifs is 1. The number of nitrogens with zero attached hydrogens (tertiary/aromatic N) is 1. The SMILES string of the molecule is O=C(OS(=O)(=O)O)c1c[nH]c2ncc(-c3ccc(Cl)cc3)cc12. The van der Waals surface area contributed by atoms with E-state index in [1.54, 1.807) is 36.5 Å². The zero-order valence-electron chi connectivity index (χ0n) is 11.4. The highest BCUT2D eigenvalue weighted by Gasteiger charge is 2.20. The van der Waals surface area contributed by atoms with Crippen molar-refractivity contribution in [1.29, 1.82) is 0 Å². The van der Waals surface area contributed by atoms with Gasteiger partial charge in [-0.2, -0.15) is 8.42 Å². The molecule has 0 radical (unpaired) electrons. The first kappa shape index (κ1) is 15.5. The number of carbonyl (C=O) groups is 1. The summed E-state index contributed by atoms with van der Waals surface area (Å²) in [6, 6.07) is 8.65. The predicted molar refractivity (Wildman–Crippen MR) is 83.5 cm³/mol. The fraction of sp³-hybridized carbons (Fsp3) is 0. The molecule has 0 unspecified atom stereocenters. The maximum atomic E-state index is 11.8.